The molecule has 1 amide bonds. The minimum absolute atomic E-state index is 0.218. The fourth-order valence-electron chi connectivity index (χ4n) is 4.26. The van der Waals surface area contributed by atoms with Gasteiger partial charge in [0.1, 0.15) is 0 Å². The summed E-state index contributed by atoms with van der Waals surface area (Å²) in [6, 6.07) is 7.90. The smallest absolute Gasteiger partial charge is 0.335 e. The molecule has 6 nitrogen and oxygen atoms in total. The monoisotopic (exact) mass is 359 g/mol. The van der Waals surface area contributed by atoms with Gasteiger partial charge in [-0.1, -0.05) is 12.1 Å². The number of carboxylic acids is 1. The van der Waals surface area contributed by atoms with Gasteiger partial charge in [-0.25, -0.2) is 4.79 Å². The van der Waals surface area contributed by atoms with Crippen LogP contribution in [0.3, 0.4) is 0 Å². The molecule has 3 N–H and O–H groups in total. The molecule has 2 aliphatic heterocycles. The molecule has 2 fully saturated rings. The second kappa shape index (κ2) is 8.18. The lowest BCUT2D eigenvalue weighted by atomic mass is 9.88. The number of carboxylic acid groups (broad SMARTS) is 1. The molecule has 26 heavy (non-hydrogen) atoms. The van der Waals surface area contributed by atoms with E-state index in [2.05, 4.69) is 24.7 Å². The van der Waals surface area contributed by atoms with Gasteiger partial charge in [-0.15, -0.1) is 0 Å². The standard InChI is InChI=1S/C20H29N3O3/c1-13-18(14(2)22-21-13)8-9-19(24)23-10-4-7-17(12-23)15-5-3-6-16(11-15)20(25)26/h3,5-6,11,13-14,17-18,21-22H,4,7-10,12H2,1-2H3,(H,25,26). The average Bonchev–Trinajstić information content (AvgIpc) is 2.97. The van der Waals surface area contributed by atoms with Crippen LogP contribution in [0.15, 0.2) is 24.3 Å². The fourth-order valence-corrected chi connectivity index (χ4v) is 4.26. The van der Waals surface area contributed by atoms with Gasteiger partial charge in [0.05, 0.1) is 5.56 Å². The maximum absolute atomic E-state index is 12.7. The summed E-state index contributed by atoms with van der Waals surface area (Å²) >= 11 is 0. The van der Waals surface area contributed by atoms with Crippen molar-refractivity contribution in [2.45, 2.75) is 57.5 Å². The Morgan fingerprint density at radius 3 is 2.65 bits per heavy atom. The average molecular weight is 359 g/mol. The molecule has 2 heterocycles. The predicted octanol–water partition coefficient (Wildman–Crippen LogP) is 2.37. The van der Waals surface area contributed by atoms with E-state index in [1.54, 1.807) is 18.2 Å². The number of hydrogen-bond donors (Lipinski definition) is 3. The number of benzene rings is 1. The number of carbonyl (C=O) groups excluding carboxylic acids is 1. The lowest BCUT2D eigenvalue weighted by Gasteiger charge is -2.33. The highest BCUT2D eigenvalue weighted by Crippen LogP contribution is 2.28. The van der Waals surface area contributed by atoms with Crippen LogP contribution >= 0.6 is 0 Å². The summed E-state index contributed by atoms with van der Waals surface area (Å²) in [5.41, 5.74) is 7.82. The van der Waals surface area contributed by atoms with E-state index >= 15 is 0 Å². The number of rotatable bonds is 5. The Kier molecular flexibility index (Phi) is 5.94. The zero-order chi connectivity index (χ0) is 18.7. The van der Waals surface area contributed by atoms with Crippen molar-refractivity contribution < 1.29 is 14.7 Å². The van der Waals surface area contributed by atoms with E-state index in [-0.39, 0.29) is 11.8 Å². The SMILES string of the molecule is CC1NNC(C)C1CCC(=O)N1CCCC(c2cccc(C(=O)O)c2)C1. The summed E-state index contributed by atoms with van der Waals surface area (Å²) in [5, 5.41) is 9.19. The Hall–Kier alpha value is -1.92. The first-order chi connectivity index (χ1) is 12.5. The third kappa shape index (κ3) is 4.24. The van der Waals surface area contributed by atoms with Crippen LogP contribution in [0.4, 0.5) is 0 Å². The Bertz CT molecular complexity index is 653. The Balaban J connectivity index is 1.58. The first kappa shape index (κ1) is 18.9. The van der Waals surface area contributed by atoms with Crippen molar-refractivity contribution in [2.24, 2.45) is 5.92 Å². The number of nitrogens with zero attached hydrogens (tertiary/aromatic N) is 1. The number of aromatic carboxylic acids is 1. The molecule has 2 saturated heterocycles. The summed E-state index contributed by atoms with van der Waals surface area (Å²) in [4.78, 5) is 25.9. The minimum atomic E-state index is -0.905. The third-order valence-corrected chi connectivity index (χ3v) is 5.89. The van der Waals surface area contributed by atoms with Crippen LogP contribution in [0.1, 0.15) is 61.4 Å². The molecule has 142 valence electrons. The molecule has 0 radical (unpaired) electrons. The summed E-state index contributed by atoms with van der Waals surface area (Å²) in [6.45, 7) is 5.80. The number of hydrazine groups is 1. The lowest BCUT2D eigenvalue weighted by molar-refractivity contribution is -0.132. The van der Waals surface area contributed by atoms with Gasteiger partial charge < -0.3 is 10.0 Å². The van der Waals surface area contributed by atoms with Crippen LogP contribution < -0.4 is 10.9 Å². The molecule has 0 bridgehead atoms. The summed E-state index contributed by atoms with van der Waals surface area (Å²) < 4.78 is 0. The van der Waals surface area contributed by atoms with Gasteiger partial charge in [-0.2, -0.15) is 0 Å². The normalized spacial score (nSPS) is 28.9. The second-order valence-electron chi connectivity index (χ2n) is 7.68. The van der Waals surface area contributed by atoms with E-state index in [4.69, 9.17) is 0 Å². The molecule has 2 aliphatic rings. The van der Waals surface area contributed by atoms with Crippen LogP contribution in [0.2, 0.25) is 0 Å². The third-order valence-electron chi connectivity index (χ3n) is 5.89. The molecule has 0 aliphatic carbocycles. The number of nitrogens with one attached hydrogen (secondary N) is 2. The van der Waals surface area contributed by atoms with E-state index in [0.29, 0.717) is 36.5 Å². The highest BCUT2D eigenvalue weighted by molar-refractivity contribution is 5.87. The van der Waals surface area contributed by atoms with Crippen molar-refractivity contribution in [2.75, 3.05) is 13.1 Å². The molecule has 0 saturated carbocycles. The molecular weight excluding hydrogens is 330 g/mol. The van der Waals surface area contributed by atoms with Crippen molar-refractivity contribution in [3.8, 4) is 0 Å². The molecular formula is C20H29N3O3. The summed E-state index contributed by atoms with van der Waals surface area (Å²) in [5.74, 6) is -0.000509. The van der Waals surface area contributed by atoms with Crippen LogP contribution in [-0.2, 0) is 4.79 Å². The number of carbonyl (C=O) groups is 2. The molecule has 3 unspecified atom stereocenters. The molecule has 6 heteroatoms. The lowest BCUT2D eigenvalue weighted by Crippen LogP contribution is -2.39. The van der Waals surface area contributed by atoms with Crippen LogP contribution in [0.5, 0.6) is 0 Å². The number of piperidine rings is 1. The van der Waals surface area contributed by atoms with Gasteiger partial charge in [0.15, 0.2) is 0 Å². The Morgan fingerprint density at radius 2 is 1.96 bits per heavy atom. The van der Waals surface area contributed by atoms with Crippen molar-refractivity contribution in [3.05, 3.63) is 35.4 Å². The predicted molar refractivity (Wildman–Crippen MR) is 99.9 cm³/mol. The van der Waals surface area contributed by atoms with E-state index in [1.807, 2.05) is 11.0 Å². The van der Waals surface area contributed by atoms with Crippen molar-refractivity contribution in [1.29, 1.82) is 0 Å². The van der Waals surface area contributed by atoms with Gasteiger partial charge in [0, 0.05) is 37.5 Å². The van der Waals surface area contributed by atoms with E-state index in [1.165, 1.54) is 0 Å². The highest BCUT2D eigenvalue weighted by atomic mass is 16.4. The van der Waals surface area contributed by atoms with E-state index < -0.39 is 5.97 Å². The van der Waals surface area contributed by atoms with Crippen molar-refractivity contribution in [3.63, 3.8) is 0 Å². The highest BCUT2D eigenvalue weighted by Gasteiger charge is 2.31. The number of amides is 1. The van der Waals surface area contributed by atoms with Crippen molar-refractivity contribution in [1.82, 2.24) is 15.8 Å². The summed E-state index contributed by atoms with van der Waals surface area (Å²) in [7, 11) is 0. The van der Waals surface area contributed by atoms with E-state index in [0.717, 1.165) is 31.4 Å². The Labute approximate surface area is 154 Å². The van der Waals surface area contributed by atoms with Gasteiger partial charge in [0.2, 0.25) is 5.91 Å². The molecule has 3 rings (SSSR count). The van der Waals surface area contributed by atoms with E-state index in [9.17, 15) is 14.7 Å². The van der Waals surface area contributed by atoms with Crippen LogP contribution in [0, 0.1) is 5.92 Å². The van der Waals surface area contributed by atoms with Gasteiger partial charge in [0.25, 0.3) is 0 Å². The maximum atomic E-state index is 12.7. The van der Waals surface area contributed by atoms with Gasteiger partial charge in [-0.05, 0) is 56.7 Å². The molecule has 1 aromatic carbocycles. The maximum Gasteiger partial charge on any atom is 0.335 e. The minimum Gasteiger partial charge on any atom is -0.478 e. The van der Waals surface area contributed by atoms with Crippen LogP contribution in [-0.4, -0.2) is 47.1 Å². The Morgan fingerprint density at radius 1 is 1.23 bits per heavy atom. The zero-order valence-corrected chi connectivity index (χ0v) is 15.6. The number of likely N-dealkylation sites (tertiary alicyclic amines) is 1. The zero-order valence-electron chi connectivity index (χ0n) is 15.6. The van der Waals surface area contributed by atoms with Crippen molar-refractivity contribution >= 4 is 11.9 Å². The first-order valence-electron chi connectivity index (χ1n) is 9.57. The second-order valence-corrected chi connectivity index (χ2v) is 7.68. The topological polar surface area (TPSA) is 81.7 Å². The first-order valence-corrected chi connectivity index (χ1v) is 9.57. The quantitative estimate of drug-likeness (QED) is 0.752. The molecule has 0 aromatic heterocycles. The van der Waals surface area contributed by atoms with Gasteiger partial charge >= 0.3 is 5.97 Å². The van der Waals surface area contributed by atoms with Crippen LogP contribution in [0.25, 0.3) is 0 Å². The number of hydrogen-bond acceptors (Lipinski definition) is 4. The largest absolute Gasteiger partial charge is 0.478 e. The fraction of sp³-hybridized carbons (Fsp3) is 0.600. The molecule has 0 spiro atoms. The van der Waals surface area contributed by atoms with Gasteiger partial charge in [-0.3, -0.25) is 15.6 Å². The summed E-state index contributed by atoms with van der Waals surface area (Å²) in [6.07, 6.45) is 3.42. The molecule has 1 aromatic rings. The molecule has 3 atom stereocenters.